The summed E-state index contributed by atoms with van der Waals surface area (Å²) in [5.41, 5.74) is -0.833. The summed E-state index contributed by atoms with van der Waals surface area (Å²) in [4.78, 5) is 0.0766. The van der Waals surface area contributed by atoms with Gasteiger partial charge in [-0.25, -0.2) is 0 Å². The number of hydrogen-bond donors (Lipinski definition) is 2. The Morgan fingerprint density at radius 1 is 1.29 bits per heavy atom. The zero-order valence-corrected chi connectivity index (χ0v) is 12.8. The van der Waals surface area contributed by atoms with Crippen molar-refractivity contribution in [3.05, 3.63) is 29.8 Å². The highest BCUT2D eigenvalue weighted by atomic mass is 32.2. The maximum absolute atomic E-state index is 12.6. The summed E-state index contributed by atoms with van der Waals surface area (Å²) in [6.07, 6.45) is -5.32. The summed E-state index contributed by atoms with van der Waals surface area (Å²) in [6, 6.07) is 4.39. The number of rotatable bonds is 7. The Bertz CT molecular complexity index is 478. The fourth-order valence-electron chi connectivity index (χ4n) is 1.68. The van der Waals surface area contributed by atoms with Gasteiger partial charge in [0.1, 0.15) is 0 Å². The van der Waals surface area contributed by atoms with Crippen molar-refractivity contribution in [3.63, 3.8) is 0 Å². The van der Waals surface area contributed by atoms with Crippen molar-refractivity contribution in [1.82, 2.24) is 5.32 Å². The van der Waals surface area contributed by atoms with Crippen LogP contribution in [0.1, 0.15) is 19.4 Å². The van der Waals surface area contributed by atoms with Crippen molar-refractivity contribution in [1.29, 1.82) is 0 Å². The molecule has 2 atom stereocenters. The first kappa shape index (κ1) is 18.1. The smallest absolute Gasteiger partial charge is 0.391 e. The van der Waals surface area contributed by atoms with Crippen molar-refractivity contribution in [2.75, 3.05) is 18.8 Å². The molecule has 0 saturated carbocycles. The van der Waals surface area contributed by atoms with E-state index in [1.807, 2.05) is 13.8 Å². The van der Waals surface area contributed by atoms with Crippen molar-refractivity contribution < 1.29 is 22.5 Å². The Hall–Kier alpha value is -0.920. The fourth-order valence-corrected chi connectivity index (χ4v) is 2.83. The molecule has 3 nitrogen and oxygen atoms in total. The second-order valence-electron chi connectivity index (χ2n) is 5.24. The highest BCUT2D eigenvalue weighted by Crippen LogP contribution is 2.30. The Labute approximate surface area is 125 Å². The van der Waals surface area contributed by atoms with Crippen LogP contribution in [0.2, 0.25) is 0 Å². The molecule has 0 heterocycles. The predicted molar refractivity (Wildman–Crippen MR) is 76.4 cm³/mol. The lowest BCUT2D eigenvalue weighted by Crippen LogP contribution is -2.33. The summed E-state index contributed by atoms with van der Waals surface area (Å²) in [6.45, 7) is 5.01. The molecule has 120 valence electrons. The standard InChI is InChI=1S/C14H20F3NO2S/c1-10(2)7-18-8-12(19)9-21(20)13-5-3-4-11(6-13)14(15,16)17/h3-6,10,12,18-19H,7-9H2,1-2H3. The van der Waals surface area contributed by atoms with E-state index in [0.29, 0.717) is 12.5 Å². The highest BCUT2D eigenvalue weighted by molar-refractivity contribution is 7.85. The number of benzene rings is 1. The minimum absolute atomic E-state index is 0.0766. The summed E-state index contributed by atoms with van der Waals surface area (Å²) in [5.74, 6) is 0.332. The van der Waals surface area contributed by atoms with Gasteiger partial charge in [0.15, 0.2) is 0 Å². The molecule has 0 radical (unpaired) electrons. The molecule has 0 amide bonds. The van der Waals surface area contributed by atoms with Gasteiger partial charge in [-0.15, -0.1) is 0 Å². The molecule has 0 aliphatic heterocycles. The van der Waals surface area contributed by atoms with E-state index in [1.54, 1.807) is 0 Å². The molecule has 0 saturated heterocycles. The van der Waals surface area contributed by atoms with Gasteiger partial charge in [-0.05, 0) is 30.7 Å². The molecule has 0 aromatic heterocycles. The lowest BCUT2D eigenvalue weighted by atomic mass is 10.2. The second kappa shape index (κ2) is 7.91. The summed E-state index contributed by atoms with van der Waals surface area (Å²) in [5, 5.41) is 12.8. The largest absolute Gasteiger partial charge is 0.416 e. The molecule has 0 aliphatic rings. The average Bonchev–Trinajstić information content (AvgIpc) is 2.37. The Morgan fingerprint density at radius 2 is 1.95 bits per heavy atom. The number of hydrogen-bond acceptors (Lipinski definition) is 3. The molecular weight excluding hydrogens is 303 g/mol. The van der Waals surface area contributed by atoms with Crippen LogP contribution in [-0.4, -0.2) is 34.3 Å². The molecule has 1 aromatic carbocycles. The van der Waals surface area contributed by atoms with Crippen LogP contribution in [0.5, 0.6) is 0 Å². The quantitative estimate of drug-likeness (QED) is 0.810. The van der Waals surface area contributed by atoms with E-state index >= 15 is 0 Å². The topological polar surface area (TPSA) is 49.3 Å². The normalized spacial score (nSPS) is 15.2. The van der Waals surface area contributed by atoms with Gasteiger partial charge in [0, 0.05) is 11.4 Å². The third-order valence-corrected chi connectivity index (χ3v) is 4.17. The van der Waals surface area contributed by atoms with Crippen LogP contribution < -0.4 is 5.32 Å². The zero-order chi connectivity index (χ0) is 16.0. The van der Waals surface area contributed by atoms with E-state index in [-0.39, 0.29) is 17.2 Å². The van der Waals surface area contributed by atoms with Gasteiger partial charge < -0.3 is 10.4 Å². The Morgan fingerprint density at radius 3 is 2.52 bits per heavy atom. The SMILES string of the molecule is CC(C)CNCC(O)CS(=O)c1cccc(C(F)(F)F)c1. The van der Waals surface area contributed by atoms with Gasteiger partial charge >= 0.3 is 6.18 Å². The molecule has 1 aromatic rings. The summed E-state index contributed by atoms with van der Waals surface area (Å²) >= 11 is 0. The van der Waals surface area contributed by atoms with Gasteiger partial charge in [-0.2, -0.15) is 13.2 Å². The molecule has 7 heteroatoms. The van der Waals surface area contributed by atoms with Crippen LogP contribution in [0.15, 0.2) is 29.2 Å². The number of nitrogens with one attached hydrogen (secondary N) is 1. The third kappa shape index (κ3) is 6.58. The van der Waals surface area contributed by atoms with Gasteiger partial charge in [0.2, 0.25) is 0 Å². The molecule has 21 heavy (non-hydrogen) atoms. The molecule has 1 rings (SSSR count). The van der Waals surface area contributed by atoms with Crippen LogP contribution >= 0.6 is 0 Å². The van der Waals surface area contributed by atoms with E-state index in [2.05, 4.69) is 5.32 Å². The number of alkyl halides is 3. The molecule has 2 unspecified atom stereocenters. The van der Waals surface area contributed by atoms with Crippen molar-refractivity contribution in [2.24, 2.45) is 5.92 Å². The maximum Gasteiger partial charge on any atom is 0.416 e. The third-order valence-electron chi connectivity index (χ3n) is 2.70. The van der Waals surface area contributed by atoms with E-state index in [4.69, 9.17) is 0 Å². The molecule has 0 aliphatic carbocycles. The monoisotopic (exact) mass is 323 g/mol. The van der Waals surface area contributed by atoms with Crippen LogP contribution in [0.3, 0.4) is 0 Å². The first-order valence-electron chi connectivity index (χ1n) is 6.64. The lowest BCUT2D eigenvalue weighted by Gasteiger charge is -2.13. The molecule has 0 bridgehead atoms. The minimum Gasteiger partial charge on any atom is -0.391 e. The maximum atomic E-state index is 12.6. The fraction of sp³-hybridized carbons (Fsp3) is 0.571. The zero-order valence-electron chi connectivity index (χ0n) is 12.0. The molecule has 0 spiro atoms. The van der Waals surface area contributed by atoms with Crippen LogP contribution in [0.4, 0.5) is 13.2 Å². The van der Waals surface area contributed by atoms with Crippen LogP contribution in [0.25, 0.3) is 0 Å². The van der Waals surface area contributed by atoms with E-state index in [9.17, 15) is 22.5 Å². The number of halogens is 3. The predicted octanol–water partition coefficient (Wildman–Crippen LogP) is 2.42. The van der Waals surface area contributed by atoms with E-state index < -0.39 is 28.6 Å². The molecule has 2 N–H and O–H groups in total. The van der Waals surface area contributed by atoms with Gasteiger partial charge in [-0.1, -0.05) is 19.9 Å². The first-order chi connectivity index (χ1) is 9.70. The Kier molecular flexibility index (Phi) is 6.83. The van der Waals surface area contributed by atoms with Crippen molar-refractivity contribution >= 4 is 10.8 Å². The van der Waals surface area contributed by atoms with Gasteiger partial charge in [0.25, 0.3) is 0 Å². The molecular formula is C14H20F3NO2S. The second-order valence-corrected chi connectivity index (χ2v) is 6.74. The van der Waals surface area contributed by atoms with Gasteiger partial charge in [-0.3, -0.25) is 4.21 Å². The first-order valence-corrected chi connectivity index (χ1v) is 7.96. The summed E-state index contributed by atoms with van der Waals surface area (Å²) < 4.78 is 49.7. The summed E-state index contributed by atoms with van der Waals surface area (Å²) in [7, 11) is -1.66. The van der Waals surface area contributed by atoms with E-state index in [1.165, 1.54) is 12.1 Å². The van der Waals surface area contributed by atoms with Crippen molar-refractivity contribution in [2.45, 2.75) is 31.0 Å². The van der Waals surface area contributed by atoms with Crippen molar-refractivity contribution in [3.8, 4) is 0 Å². The van der Waals surface area contributed by atoms with E-state index in [0.717, 1.165) is 12.1 Å². The number of aliphatic hydroxyl groups is 1. The number of aliphatic hydroxyl groups excluding tert-OH is 1. The van der Waals surface area contributed by atoms with Gasteiger partial charge in [0.05, 0.1) is 28.2 Å². The Balaban J connectivity index is 2.59. The minimum atomic E-state index is -4.46. The molecule has 0 fully saturated rings. The average molecular weight is 323 g/mol. The van der Waals surface area contributed by atoms with Crippen LogP contribution in [0, 0.1) is 5.92 Å². The van der Waals surface area contributed by atoms with Crippen LogP contribution in [-0.2, 0) is 17.0 Å². The highest BCUT2D eigenvalue weighted by Gasteiger charge is 2.30. The lowest BCUT2D eigenvalue weighted by molar-refractivity contribution is -0.137.